The summed E-state index contributed by atoms with van der Waals surface area (Å²) in [7, 11) is 3.66. The number of rotatable bonds is 5. The van der Waals surface area contributed by atoms with Crippen LogP contribution in [-0.4, -0.2) is 54.8 Å². The highest BCUT2D eigenvalue weighted by atomic mass is 16.2. The third-order valence-electron chi connectivity index (χ3n) is 6.68. The van der Waals surface area contributed by atoms with E-state index in [1.165, 1.54) is 0 Å². The minimum Gasteiger partial charge on any atom is -0.349 e. The summed E-state index contributed by atoms with van der Waals surface area (Å²) in [5, 5.41) is 12.7. The van der Waals surface area contributed by atoms with E-state index >= 15 is 0 Å². The fourth-order valence-electron chi connectivity index (χ4n) is 4.73. The molecule has 0 saturated heterocycles. The molecule has 0 aliphatic heterocycles. The zero-order valence-electron chi connectivity index (χ0n) is 20.3. The second-order valence-corrected chi connectivity index (χ2v) is 9.41. The van der Waals surface area contributed by atoms with Crippen molar-refractivity contribution >= 4 is 5.91 Å². The van der Waals surface area contributed by atoms with Crippen molar-refractivity contribution in [3.8, 4) is 33.6 Å². The number of nitrogens with zero attached hydrogens (tertiary/aromatic N) is 7. The fraction of sp³-hybridized carbons (Fsp3) is 0.333. The Kier molecular flexibility index (Phi) is 6.35. The van der Waals surface area contributed by atoms with Crippen LogP contribution < -0.4 is 0 Å². The van der Waals surface area contributed by atoms with Gasteiger partial charge in [0.05, 0.1) is 24.1 Å². The molecule has 1 aliphatic carbocycles. The number of hydrogen-bond donors (Lipinski definition) is 0. The molecule has 0 unspecified atom stereocenters. The van der Waals surface area contributed by atoms with Gasteiger partial charge in [-0.05, 0) is 50.3 Å². The molecule has 1 saturated carbocycles. The first kappa shape index (κ1) is 22.8. The second kappa shape index (κ2) is 9.74. The van der Waals surface area contributed by atoms with Gasteiger partial charge in [-0.15, -0.1) is 0 Å². The average Bonchev–Trinajstić information content (AvgIpc) is 3.39. The maximum absolute atomic E-state index is 12.2. The molecule has 1 aliphatic rings. The normalized spacial score (nSPS) is 17.8. The van der Waals surface area contributed by atoms with Crippen molar-refractivity contribution < 1.29 is 4.79 Å². The molecular weight excluding hydrogens is 438 g/mol. The van der Waals surface area contributed by atoms with Gasteiger partial charge in [-0.3, -0.25) is 9.48 Å². The Labute approximate surface area is 205 Å². The summed E-state index contributed by atoms with van der Waals surface area (Å²) in [4.78, 5) is 23.2. The number of hydrogen-bond acceptors (Lipinski definition) is 6. The monoisotopic (exact) mass is 467 g/mol. The summed E-state index contributed by atoms with van der Waals surface area (Å²) in [6.45, 7) is 1.93. The van der Waals surface area contributed by atoms with E-state index in [0.29, 0.717) is 11.9 Å². The quantitative estimate of drug-likeness (QED) is 0.426. The highest BCUT2D eigenvalue weighted by molar-refractivity contribution is 5.78. The van der Waals surface area contributed by atoms with E-state index in [1.807, 2.05) is 68.6 Å². The third-order valence-corrected chi connectivity index (χ3v) is 6.68. The van der Waals surface area contributed by atoms with Gasteiger partial charge in [-0.25, -0.2) is 9.97 Å². The van der Waals surface area contributed by atoms with Crippen LogP contribution in [0.3, 0.4) is 0 Å². The number of benzene rings is 1. The third kappa shape index (κ3) is 4.96. The molecule has 0 atom stereocenters. The van der Waals surface area contributed by atoms with Gasteiger partial charge in [-0.2, -0.15) is 15.3 Å². The molecule has 1 amide bonds. The summed E-state index contributed by atoms with van der Waals surface area (Å²) >= 11 is 0. The molecule has 4 aromatic rings. The lowest BCUT2D eigenvalue weighted by molar-refractivity contribution is -0.134. The molecule has 178 valence electrons. The van der Waals surface area contributed by atoms with Crippen LogP contribution in [0.2, 0.25) is 0 Å². The topological polar surface area (TPSA) is 89.7 Å². The number of aryl methyl sites for hydroxylation is 1. The van der Waals surface area contributed by atoms with Crippen LogP contribution in [0.5, 0.6) is 0 Å². The van der Waals surface area contributed by atoms with Crippen LogP contribution in [0.1, 0.15) is 37.4 Å². The van der Waals surface area contributed by atoms with E-state index in [9.17, 15) is 4.79 Å². The largest absolute Gasteiger partial charge is 0.349 e. The van der Waals surface area contributed by atoms with Crippen molar-refractivity contribution in [3.63, 3.8) is 0 Å². The Morgan fingerprint density at radius 3 is 2.34 bits per heavy atom. The van der Waals surface area contributed by atoms with Crippen molar-refractivity contribution in [1.82, 2.24) is 34.8 Å². The summed E-state index contributed by atoms with van der Waals surface area (Å²) in [6, 6.07) is 10.5. The Balaban J connectivity index is 1.28. The fourth-order valence-corrected chi connectivity index (χ4v) is 4.73. The van der Waals surface area contributed by atoms with Crippen molar-refractivity contribution in [1.29, 1.82) is 0 Å². The van der Waals surface area contributed by atoms with Gasteiger partial charge in [0.15, 0.2) is 5.82 Å². The predicted octanol–water partition coefficient (Wildman–Crippen LogP) is 4.59. The molecule has 8 heteroatoms. The maximum Gasteiger partial charge on any atom is 0.225 e. The van der Waals surface area contributed by atoms with E-state index < -0.39 is 0 Å². The van der Waals surface area contributed by atoms with Crippen molar-refractivity contribution in [2.75, 3.05) is 14.1 Å². The SMILES string of the molecule is Cc1cc(-c2cccc(-c3ncc(-c4cnn([C@H]5CC[C@H](C(=O)N(C)C)CC5)c4)cn3)c2)cnn1. The van der Waals surface area contributed by atoms with E-state index in [2.05, 4.69) is 37.5 Å². The zero-order valence-corrected chi connectivity index (χ0v) is 20.3. The van der Waals surface area contributed by atoms with Crippen molar-refractivity contribution in [3.05, 3.63) is 67.0 Å². The van der Waals surface area contributed by atoms with E-state index in [1.54, 1.807) is 11.1 Å². The Morgan fingerprint density at radius 2 is 1.63 bits per heavy atom. The van der Waals surface area contributed by atoms with Gasteiger partial charge < -0.3 is 4.90 Å². The van der Waals surface area contributed by atoms with Crippen LogP contribution in [0.15, 0.2) is 61.3 Å². The zero-order chi connectivity index (χ0) is 24.4. The Morgan fingerprint density at radius 1 is 0.886 bits per heavy atom. The number of aromatic nitrogens is 6. The second-order valence-electron chi connectivity index (χ2n) is 9.41. The molecule has 1 fully saturated rings. The molecule has 1 aromatic carbocycles. The molecule has 5 rings (SSSR count). The minimum absolute atomic E-state index is 0.134. The van der Waals surface area contributed by atoms with Crippen molar-refractivity contribution in [2.24, 2.45) is 5.92 Å². The van der Waals surface area contributed by atoms with Crippen molar-refractivity contribution in [2.45, 2.75) is 38.6 Å². The highest BCUT2D eigenvalue weighted by Gasteiger charge is 2.28. The predicted molar refractivity (Wildman–Crippen MR) is 134 cm³/mol. The summed E-state index contributed by atoms with van der Waals surface area (Å²) in [5.74, 6) is 1.04. The van der Waals surface area contributed by atoms with Crippen LogP contribution in [-0.2, 0) is 4.79 Å². The summed E-state index contributed by atoms with van der Waals surface area (Å²) in [5.41, 5.74) is 5.82. The molecule has 0 bridgehead atoms. The van der Waals surface area contributed by atoms with E-state index in [-0.39, 0.29) is 11.8 Å². The molecular formula is C27H29N7O. The van der Waals surface area contributed by atoms with Gasteiger partial charge in [-0.1, -0.05) is 18.2 Å². The summed E-state index contributed by atoms with van der Waals surface area (Å²) < 4.78 is 2.04. The van der Waals surface area contributed by atoms with Gasteiger partial charge in [0.2, 0.25) is 5.91 Å². The standard InChI is InChI=1S/C27H29N7O/c1-18-11-22(15-30-32-18)20-5-4-6-21(12-20)26-28-13-23(14-29-26)24-16-31-34(17-24)25-9-7-19(8-10-25)27(35)33(2)3/h4-6,11-17,19,25H,7-10H2,1-3H3/t19-,25-. The van der Waals surface area contributed by atoms with Crippen LogP contribution in [0.4, 0.5) is 0 Å². The lowest BCUT2D eigenvalue weighted by Crippen LogP contribution is -2.32. The first-order valence-electron chi connectivity index (χ1n) is 12.0. The van der Waals surface area contributed by atoms with E-state index in [0.717, 1.165) is 59.2 Å². The lowest BCUT2D eigenvalue weighted by Gasteiger charge is -2.29. The molecule has 0 spiro atoms. The van der Waals surface area contributed by atoms with Gasteiger partial charge >= 0.3 is 0 Å². The Hall–Kier alpha value is -3.94. The molecule has 0 N–H and O–H groups in total. The van der Waals surface area contributed by atoms with Gasteiger partial charge in [0, 0.05) is 60.9 Å². The molecule has 0 radical (unpaired) electrons. The lowest BCUT2D eigenvalue weighted by atomic mass is 9.85. The molecule has 3 heterocycles. The van der Waals surface area contributed by atoms with Crippen LogP contribution in [0.25, 0.3) is 33.6 Å². The van der Waals surface area contributed by atoms with Crippen LogP contribution in [0, 0.1) is 12.8 Å². The molecule has 35 heavy (non-hydrogen) atoms. The number of carbonyl (C=O) groups excluding carboxylic acids is 1. The highest BCUT2D eigenvalue weighted by Crippen LogP contribution is 2.33. The van der Waals surface area contributed by atoms with Gasteiger partial charge in [0.1, 0.15) is 0 Å². The molecule has 3 aromatic heterocycles. The number of carbonyl (C=O) groups is 1. The van der Waals surface area contributed by atoms with E-state index in [4.69, 9.17) is 0 Å². The summed E-state index contributed by atoms with van der Waals surface area (Å²) in [6.07, 6.45) is 13.1. The average molecular weight is 468 g/mol. The van der Waals surface area contributed by atoms with Gasteiger partial charge in [0.25, 0.3) is 0 Å². The molecule has 8 nitrogen and oxygen atoms in total. The Bertz CT molecular complexity index is 1320. The maximum atomic E-state index is 12.2. The smallest absolute Gasteiger partial charge is 0.225 e. The number of amides is 1. The first-order chi connectivity index (χ1) is 17.0. The first-order valence-corrected chi connectivity index (χ1v) is 12.0. The van der Waals surface area contributed by atoms with Crippen LogP contribution >= 0.6 is 0 Å². The minimum atomic E-state index is 0.134.